The average Bonchev–Trinajstić information content (AvgIpc) is 3.38. The fourth-order valence-corrected chi connectivity index (χ4v) is 6.57. The summed E-state index contributed by atoms with van der Waals surface area (Å²) in [6, 6.07) is 19.1. The Kier molecular flexibility index (Phi) is 4.32. The number of nitrogens with two attached hydrogens (primary N) is 7. The van der Waals surface area contributed by atoms with E-state index in [2.05, 4.69) is 30.3 Å². The zero-order valence-corrected chi connectivity index (χ0v) is 23.8. The first-order valence-corrected chi connectivity index (χ1v) is 11.9. The van der Waals surface area contributed by atoms with Crippen molar-refractivity contribution in [1.29, 1.82) is 0 Å². The van der Waals surface area contributed by atoms with Gasteiger partial charge in [-0.2, -0.15) is 12.1 Å². The molecule has 0 atom stereocenters. The molecule has 0 amide bonds. The van der Waals surface area contributed by atoms with E-state index in [1.165, 1.54) is 0 Å². The molecule has 0 spiro atoms. The van der Waals surface area contributed by atoms with Crippen LogP contribution in [0.2, 0.25) is 0 Å². The third-order valence-corrected chi connectivity index (χ3v) is 8.17. The smallest absolute Gasteiger partial charge is 0.0555 e. The van der Waals surface area contributed by atoms with Crippen LogP contribution in [-0.2, 0) is 0 Å². The van der Waals surface area contributed by atoms with Crippen LogP contribution in [0.15, 0.2) is 48.5 Å². The van der Waals surface area contributed by atoms with Crippen LogP contribution in [0.5, 0.6) is 0 Å². The minimum absolute atomic E-state index is 0. The Bertz CT molecular complexity index is 2030. The summed E-state index contributed by atoms with van der Waals surface area (Å²) in [4.78, 5) is 0. The summed E-state index contributed by atoms with van der Waals surface area (Å²) >= 11 is 0. The van der Waals surface area contributed by atoms with Gasteiger partial charge in [0.25, 0.3) is 0 Å². The summed E-state index contributed by atoms with van der Waals surface area (Å²) in [6.07, 6.45) is 0. The summed E-state index contributed by atoms with van der Waals surface area (Å²) in [5.74, 6) is 0. The van der Waals surface area contributed by atoms with Crippen molar-refractivity contribution in [2.24, 2.45) is 0 Å². The van der Waals surface area contributed by atoms with Crippen molar-refractivity contribution in [2.75, 3.05) is 40.1 Å². The zero-order chi connectivity index (χ0) is 25.5. The maximum atomic E-state index is 6.95. The van der Waals surface area contributed by atoms with Crippen molar-refractivity contribution in [3.8, 4) is 44.5 Å². The van der Waals surface area contributed by atoms with Gasteiger partial charge in [0.2, 0.25) is 0 Å². The Labute approximate surface area is 240 Å². The fraction of sp³-hybridized carbons (Fsp3) is 0. The van der Waals surface area contributed by atoms with E-state index in [4.69, 9.17) is 40.1 Å². The van der Waals surface area contributed by atoms with Gasteiger partial charge in [-0.25, -0.2) is 0 Å². The first-order valence-electron chi connectivity index (χ1n) is 11.9. The molecule has 0 aliphatic heterocycles. The predicted octanol–water partition coefficient (Wildman–Crippen LogP) is 5.32. The van der Waals surface area contributed by atoms with Crippen molar-refractivity contribution in [3.63, 3.8) is 0 Å². The first-order chi connectivity index (χ1) is 17.8. The van der Waals surface area contributed by atoms with Crippen LogP contribution < -0.4 is 40.1 Å². The number of anilines is 7. The molecule has 2 aliphatic carbocycles. The number of benzene rings is 6. The minimum Gasteiger partial charge on any atom is -0.420 e. The molecular formula is C30H22N7Np-. The average molecular weight is 718 g/mol. The predicted molar refractivity (Wildman–Crippen MR) is 158 cm³/mol. The van der Waals surface area contributed by atoms with E-state index in [0.717, 1.165) is 55.3 Å². The molecule has 2 aliphatic rings. The largest absolute Gasteiger partial charge is 0.420 e. The van der Waals surface area contributed by atoms with E-state index in [1.807, 2.05) is 12.1 Å². The second kappa shape index (κ2) is 7.18. The number of hydrogen-bond acceptors (Lipinski definition) is 7. The molecule has 0 bridgehead atoms. The third kappa shape index (κ3) is 2.44. The van der Waals surface area contributed by atoms with Crippen LogP contribution in [0, 0.1) is 36.0 Å². The maximum Gasteiger partial charge on any atom is 0.0555 e. The molecule has 14 N–H and O–H groups in total. The number of nitrogen functional groups attached to an aromatic ring is 7. The summed E-state index contributed by atoms with van der Waals surface area (Å²) < 4.78 is 0. The van der Waals surface area contributed by atoms with E-state index in [-0.39, 0.29) is 29.9 Å². The second-order valence-corrected chi connectivity index (χ2v) is 9.97. The molecule has 0 fully saturated rings. The van der Waals surface area contributed by atoms with E-state index in [0.29, 0.717) is 61.4 Å². The number of fused-ring (bicyclic) bond motifs is 8. The molecule has 0 unspecified atom stereocenters. The molecule has 7 nitrogen and oxygen atoms in total. The molecule has 0 aromatic heterocycles. The van der Waals surface area contributed by atoms with E-state index in [9.17, 15) is 0 Å². The molecule has 1 radical (unpaired) electrons. The molecule has 6 aromatic carbocycles. The van der Waals surface area contributed by atoms with Crippen LogP contribution in [0.25, 0.3) is 76.8 Å². The molecular weight excluding hydrogens is 695 g/mol. The normalized spacial score (nSPS) is 12.2. The van der Waals surface area contributed by atoms with E-state index < -0.39 is 0 Å². The van der Waals surface area contributed by atoms with E-state index in [1.54, 1.807) is 12.1 Å². The Morgan fingerprint density at radius 2 is 0.895 bits per heavy atom. The summed E-state index contributed by atoms with van der Waals surface area (Å²) in [5.41, 5.74) is 57.5. The molecule has 183 valence electrons. The van der Waals surface area contributed by atoms with Crippen LogP contribution in [-0.4, -0.2) is 0 Å². The van der Waals surface area contributed by atoms with Crippen LogP contribution in [0.1, 0.15) is 0 Å². The Balaban J connectivity index is 0.00000242. The Morgan fingerprint density at radius 3 is 1.42 bits per heavy atom. The molecule has 0 saturated heterocycles. The fourth-order valence-electron chi connectivity index (χ4n) is 6.57. The molecule has 0 saturated carbocycles. The molecule has 8 heteroatoms. The van der Waals surface area contributed by atoms with Crippen LogP contribution >= 0.6 is 0 Å². The van der Waals surface area contributed by atoms with Gasteiger partial charge in [-0.05, 0) is 39.6 Å². The third-order valence-electron chi connectivity index (χ3n) is 8.17. The minimum atomic E-state index is 0. The quantitative estimate of drug-likeness (QED) is 0.0480. The zero-order valence-electron chi connectivity index (χ0n) is 20.1. The van der Waals surface area contributed by atoms with Gasteiger partial charge in [0.15, 0.2) is 0 Å². The van der Waals surface area contributed by atoms with Crippen molar-refractivity contribution >= 4 is 72.1 Å². The Morgan fingerprint density at radius 1 is 0.447 bits per heavy atom. The molecule has 38 heavy (non-hydrogen) atoms. The van der Waals surface area contributed by atoms with Gasteiger partial charge in [-0.15, -0.1) is 17.2 Å². The van der Waals surface area contributed by atoms with Crippen molar-refractivity contribution in [1.82, 2.24) is 0 Å². The summed E-state index contributed by atoms with van der Waals surface area (Å²) in [6.45, 7) is 0. The maximum absolute atomic E-state index is 6.95. The van der Waals surface area contributed by atoms with Crippen LogP contribution in [0.3, 0.4) is 0 Å². The van der Waals surface area contributed by atoms with Gasteiger partial charge in [-0.1, -0.05) is 35.5 Å². The van der Waals surface area contributed by atoms with Crippen molar-refractivity contribution in [2.45, 2.75) is 0 Å². The molecule has 8 rings (SSSR count). The molecule has 6 aromatic rings. The topological polar surface area (TPSA) is 182 Å². The van der Waals surface area contributed by atoms with Crippen molar-refractivity contribution in [3.05, 3.63) is 54.6 Å². The van der Waals surface area contributed by atoms with Gasteiger partial charge in [0, 0.05) is 74.0 Å². The summed E-state index contributed by atoms with van der Waals surface area (Å²) in [7, 11) is 0. The summed E-state index contributed by atoms with van der Waals surface area (Å²) in [5, 5.41) is 4.94. The van der Waals surface area contributed by atoms with Crippen LogP contribution in [0.4, 0.5) is 39.8 Å². The van der Waals surface area contributed by atoms with Gasteiger partial charge in [0.05, 0.1) is 22.7 Å². The monoisotopic (exact) mass is 716 g/mol. The standard InChI is InChI=1S/C30H22N7.Np/c31-10-1-2-11-12-3-5-14-22-15(6-4-13(21(12)22)16(11)7-10)24-23(14)29(36)25-26(30(24)37)28(35)18-9-20(33)19(32)8-17(18)27(25)34;/h2-9H,31-37H2;/q-1;. The van der Waals surface area contributed by atoms with Gasteiger partial charge < -0.3 is 40.1 Å². The van der Waals surface area contributed by atoms with Crippen molar-refractivity contribution < 1.29 is 29.9 Å². The van der Waals surface area contributed by atoms with Gasteiger partial charge >= 0.3 is 0 Å². The Hall–Kier alpha value is -4.29. The first kappa shape index (κ1) is 22.9. The second-order valence-electron chi connectivity index (χ2n) is 9.97. The van der Waals surface area contributed by atoms with Gasteiger partial charge in [0.1, 0.15) is 0 Å². The molecule has 0 heterocycles. The van der Waals surface area contributed by atoms with Gasteiger partial charge in [-0.3, -0.25) is 0 Å². The van der Waals surface area contributed by atoms with E-state index >= 15 is 0 Å². The number of rotatable bonds is 0. The number of hydrogen-bond donors (Lipinski definition) is 7. The SMILES string of the molecule is Nc1[c-]cc2c(c1)-c1ccc3c4c(ccc-2c14)-c1c-3c(N)c2c(N)c3cc(N)c(N)cc3c(N)c2c1N.[Np].